The molecule has 6 aromatic carbocycles. The van der Waals surface area contributed by atoms with Gasteiger partial charge in [0.15, 0.2) is 0 Å². The standard InChI is InChI=1S/C50H49NSi2/c1-50(2)46-18-10-9-17-44(46)45-28-23-40(31-47(45)50)38-15-11-13-36(29-38)37-14-12-16-39(30-37)41-32-48(34-19-24-42(25-20-34)52(3,4)5)51-49(33-41)35-21-26-43(27-22-35)53(6,7)8/h9-33H,1-8H3/i32D,33D. The molecule has 0 bridgehead atoms. The second kappa shape index (κ2) is 13.1. The highest BCUT2D eigenvalue weighted by atomic mass is 28.3. The van der Waals surface area contributed by atoms with Crippen LogP contribution in [0.25, 0.3) is 67.0 Å². The van der Waals surface area contributed by atoms with E-state index >= 15 is 0 Å². The lowest BCUT2D eigenvalue weighted by molar-refractivity contribution is 0.660. The number of benzene rings is 6. The van der Waals surface area contributed by atoms with Crippen molar-refractivity contribution in [2.75, 3.05) is 0 Å². The van der Waals surface area contributed by atoms with E-state index in [1.165, 1.54) is 38.2 Å². The van der Waals surface area contributed by atoms with E-state index in [1.807, 2.05) is 6.07 Å². The zero-order valence-corrected chi connectivity index (χ0v) is 34.2. The third kappa shape index (κ3) is 6.69. The minimum Gasteiger partial charge on any atom is -0.248 e. The molecule has 0 atom stereocenters. The summed E-state index contributed by atoms with van der Waals surface area (Å²) in [5.41, 5.74) is 14.3. The minimum absolute atomic E-state index is 0.0647. The first-order valence-corrected chi connectivity index (χ1v) is 25.8. The quantitative estimate of drug-likeness (QED) is 0.149. The van der Waals surface area contributed by atoms with Crippen molar-refractivity contribution in [3.8, 4) is 67.0 Å². The van der Waals surface area contributed by atoms with Gasteiger partial charge in [-0.2, -0.15) is 0 Å². The highest BCUT2D eigenvalue weighted by Crippen LogP contribution is 2.49. The number of hydrogen-bond donors (Lipinski definition) is 0. The van der Waals surface area contributed by atoms with E-state index in [1.54, 1.807) is 0 Å². The number of fused-ring (bicyclic) bond motifs is 3. The van der Waals surface area contributed by atoms with Crippen LogP contribution >= 0.6 is 0 Å². The first kappa shape index (κ1) is 32.5. The smallest absolute Gasteiger partial charge is 0.0775 e. The maximum Gasteiger partial charge on any atom is 0.0775 e. The molecule has 1 aliphatic rings. The molecule has 1 heterocycles. The molecular weight excluding hydrogens is 671 g/mol. The average Bonchev–Trinajstić information content (AvgIpc) is 3.40. The van der Waals surface area contributed by atoms with Crippen molar-refractivity contribution < 1.29 is 2.74 Å². The van der Waals surface area contributed by atoms with Crippen LogP contribution in [0, 0.1) is 0 Å². The van der Waals surface area contributed by atoms with Crippen molar-refractivity contribution in [1.29, 1.82) is 0 Å². The molecule has 0 saturated heterocycles. The zero-order valence-electron chi connectivity index (χ0n) is 34.2. The Morgan fingerprint density at radius 2 is 0.830 bits per heavy atom. The summed E-state index contributed by atoms with van der Waals surface area (Å²) in [7, 11) is -3.02. The second-order valence-corrected chi connectivity index (χ2v) is 27.3. The molecule has 0 amide bonds. The lowest BCUT2D eigenvalue weighted by Gasteiger charge is -2.22. The Labute approximate surface area is 321 Å². The van der Waals surface area contributed by atoms with E-state index in [0.29, 0.717) is 17.0 Å². The lowest BCUT2D eigenvalue weighted by atomic mass is 9.81. The largest absolute Gasteiger partial charge is 0.248 e. The van der Waals surface area contributed by atoms with Crippen LogP contribution in [0.1, 0.15) is 27.7 Å². The van der Waals surface area contributed by atoms with Crippen LogP contribution in [0.2, 0.25) is 39.3 Å². The fraction of sp³-hybridized carbons (Fsp3) is 0.180. The van der Waals surface area contributed by atoms with E-state index in [-0.39, 0.29) is 17.5 Å². The van der Waals surface area contributed by atoms with Gasteiger partial charge in [-0.15, -0.1) is 0 Å². The Morgan fingerprint density at radius 3 is 1.32 bits per heavy atom. The number of pyridine rings is 1. The van der Waals surface area contributed by atoms with Gasteiger partial charge >= 0.3 is 0 Å². The van der Waals surface area contributed by atoms with Gasteiger partial charge in [0.25, 0.3) is 0 Å². The molecule has 7 aromatic rings. The summed E-state index contributed by atoms with van der Waals surface area (Å²) in [6.45, 7) is 18.7. The first-order valence-electron chi connectivity index (χ1n) is 19.8. The van der Waals surface area contributed by atoms with Gasteiger partial charge in [0.2, 0.25) is 0 Å². The molecule has 1 nitrogen and oxygen atoms in total. The van der Waals surface area contributed by atoms with Crippen LogP contribution in [0.4, 0.5) is 0 Å². The van der Waals surface area contributed by atoms with Crippen molar-refractivity contribution in [2.45, 2.75) is 58.5 Å². The Balaban J connectivity index is 1.23. The van der Waals surface area contributed by atoms with Crippen molar-refractivity contribution in [1.82, 2.24) is 4.98 Å². The van der Waals surface area contributed by atoms with Gasteiger partial charge in [-0.25, -0.2) is 4.98 Å². The molecule has 0 N–H and O–H groups in total. The van der Waals surface area contributed by atoms with Crippen LogP contribution in [-0.2, 0) is 5.41 Å². The second-order valence-electron chi connectivity index (χ2n) is 17.2. The van der Waals surface area contributed by atoms with Gasteiger partial charge < -0.3 is 0 Å². The number of aromatic nitrogens is 1. The summed E-state index contributed by atoms with van der Waals surface area (Å²) in [5, 5.41) is 2.73. The number of hydrogen-bond acceptors (Lipinski definition) is 1. The van der Waals surface area contributed by atoms with Crippen LogP contribution in [0.3, 0.4) is 0 Å². The first-order chi connectivity index (χ1) is 26.1. The lowest BCUT2D eigenvalue weighted by Crippen LogP contribution is -2.37. The van der Waals surface area contributed by atoms with Gasteiger partial charge in [0, 0.05) is 16.5 Å². The van der Waals surface area contributed by atoms with Crippen LogP contribution in [0.5, 0.6) is 0 Å². The van der Waals surface area contributed by atoms with Crippen LogP contribution in [-0.4, -0.2) is 21.1 Å². The molecular formula is C50H49NSi2. The molecule has 0 unspecified atom stereocenters. The summed E-state index contributed by atoms with van der Waals surface area (Å²) in [4.78, 5) is 5.10. The van der Waals surface area contributed by atoms with Gasteiger partial charge in [0.1, 0.15) is 0 Å². The van der Waals surface area contributed by atoms with Crippen molar-refractivity contribution >= 4 is 26.5 Å². The predicted octanol–water partition coefficient (Wildman–Crippen LogP) is 12.8. The van der Waals surface area contributed by atoms with Gasteiger partial charge in [0.05, 0.1) is 30.3 Å². The van der Waals surface area contributed by atoms with Crippen molar-refractivity contribution in [3.63, 3.8) is 0 Å². The minimum atomic E-state index is -1.51. The summed E-state index contributed by atoms with van der Waals surface area (Å²) in [5.74, 6) is 0. The predicted molar refractivity (Wildman–Crippen MR) is 235 cm³/mol. The maximum atomic E-state index is 9.61. The van der Waals surface area contributed by atoms with E-state index in [4.69, 9.17) is 4.98 Å². The topological polar surface area (TPSA) is 12.9 Å². The molecule has 0 saturated carbocycles. The van der Waals surface area contributed by atoms with Gasteiger partial charge in [-0.3, -0.25) is 0 Å². The number of rotatable bonds is 7. The summed E-state index contributed by atoms with van der Waals surface area (Å²) in [6, 6.07) is 50.6. The Kier molecular flexibility index (Phi) is 8.04. The molecule has 0 radical (unpaired) electrons. The average molecular weight is 722 g/mol. The van der Waals surface area contributed by atoms with E-state index in [2.05, 4.69) is 187 Å². The van der Waals surface area contributed by atoms with E-state index in [9.17, 15) is 2.74 Å². The molecule has 3 heteroatoms. The molecule has 53 heavy (non-hydrogen) atoms. The van der Waals surface area contributed by atoms with Crippen LogP contribution < -0.4 is 10.4 Å². The van der Waals surface area contributed by atoms with Gasteiger partial charge in [-0.05, 0) is 85.9 Å². The SMILES string of the molecule is [2H]c1c(-c2ccc([Si](C)(C)C)cc2)nc(-c2ccc([Si](C)(C)C)cc2)c([2H])c1-c1cccc(-c2cccc(-c3ccc4c(c3)C(C)(C)c3ccccc3-4)c2)c1. The highest BCUT2D eigenvalue weighted by Gasteiger charge is 2.35. The van der Waals surface area contributed by atoms with Crippen molar-refractivity contribution in [3.05, 3.63) is 163 Å². The highest BCUT2D eigenvalue weighted by molar-refractivity contribution is 6.89. The third-order valence-corrected chi connectivity index (χ3v) is 15.2. The molecule has 0 aliphatic heterocycles. The van der Waals surface area contributed by atoms with Crippen molar-refractivity contribution in [2.24, 2.45) is 0 Å². The van der Waals surface area contributed by atoms with Gasteiger partial charge in [-0.1, -0.05) is 185 Å². The van der Waals surface area contributed by atoms with E-state index < -0.39 is 16.1 Å². The van der Waals surface area contributed by atoms with E-state index in [0.717, 1.165) is 33.4 Å². The fourth-order valence-electron chi connectivity index (χ4n) is 7.73. The number of nitrogens with zero attached hydrogens (tertiary/aromatic N) is 1. The normalized spacial score (nSPS) is 14.0. The molecule has 0 spiro atoms. The Hall–Kier alpha value is -5.10. The zero-order chi connectivity index (χ0) is 38.9. The maximum absolute atomic E-state index is 9.61. The summed E-state index contributed by atoms with van der Waals surface area (Å²) in [6.07, 6.45) is 0. The monoisotopic (exact) mass is 721 g/mol. The molecule has 1 aliphatic carbocycles. The third-order valence-electron chi connectivity index (χ3n) is 11.0. The fourth-order valence-corrected chi connectivity index (χ4v) is 10.1. The molecule has 8 rings (SSSR count). The summed E-state index contributed by atoms with van der Waals surface area (Å²) >= 11 is 0. The summed E-state index contributed by atoms with van der Waals surface area (Å²) < 4.78 is 19.2. The van der Waals surface area contributed by atoms with Crippen LogP contribution in [0.15, 0.2) is 152 Å². The Bertz CT molecular complexity index is 2510. The molecule has 262 valence electrons. The Morgan fingerprint density at radius 1 is 0.415 bits per heavy atom. The molecule has 0 fully saturated rings. The molecule has 1 aromatic heterocycles.